The summed E-state index contributed by atoms with van der Waals surface area (Å²) in [6.07, 6.45) is 8.53. The molecule has 5 aromatic rings. The minimum Gasteiger partial charge on any atom is -0.383 e. The molecular formula is C32H30N6O2. The topological polar surface area (TPSA) is 115 Å². The number of aromatic nitrogens is 3. The molecule has 1 saturated carbocycles. The molecule has 0 spiro atoms. The lowest BCUT2D eigenvalue weighted by Crippen LogP contribution is -2.19. The molecule has 0 saturated heterocycles. The van der Waals surface area contributed by atoms with E-state index in [-0.39, 0.29) is 11.6 Å². The quantitative estimate of drug-likeness (QED) is 0.205. The van der Waals surface area contributed by atoms with Crippen LogP contribution in [0, 0.1) is 0 Å². The number of ketones is 1. The average molecular weight is 531 g/mol. The number of anilines is 3. The molecule has 4 N–H and O–H groups in total. The van der Waals surface area contributed by atoms with Crippen molar-refractivity contribution in [3.63, 3.8) is 0 Å². The number of nitrogens with one attached hydrogen (secondary N) is 2. The largest absolute Gasteiger partial charge is 0.383 e. The molecule has 8 heteroatoms. The van der Waals surface area contributed by atoms with Gasteiger partial charge >= 0.3 is 6.03 Å². The van der Waals surface area contributed by atoms with Gasteiger partial charge in [0.25, 0.3) is 0 Å². The Bertz CT molecular complexity index is 1670. The van der Waals surface area contributed by atoms with E-state index in [4.69, 9.17) is 5.73 Å². The van der Waals surface area contributed by atoms with Gasteiger partial charge in [-0.25, -0.2) is 14.8 Å². The van der Waals surface area contributed by atoms with Crippen LogP contribution in [0.5, 0.6) is 0 Å². The second-order valence-electron chi connectivity index (χ2n) is 10.2. The summed E-state index contributed by atoms with van der Waals surface area (Å²) in [7, 11) is 0. The SMILES string of the molecule is Nc1ncnc2c1c(C(=O)c1cccc(NC(=O)Nc3ccc(Cc4ccccc4)cc3)c1)cn2C1CCCC1. The molecule has 1 fully saturated rings. The van der Waals surface area contributed by atoms with Gasteiger partial charge in [-0.15, -0.1) is 0 Å². The van der Waals surface area contributed by atoms with Crippen LogP contribution in [0.1, 0.15) is 58.8 Å². The summed E-state index contributed by atoms with van der Waals surface area (Å²) in [6.45, 7) is 0. The summed E-state index contributed by atoms with van der Waals surface area (Å²) in [5, 5.41) is 6.27. The van der Waals surface area contributed by atoms with Gasteiger partial charge in [0.15, 0.2) is 5.78 Å². The second kappa shape index (κ2) is 11.0. The number of nitrogen functional groups attached to an aromatic ring is 1. The fourth-order valence-corrected chi connectivity index (χ4v) is 5.47. The number of nitrogens with two attached hydrogens (primary N) is 1. The van der Waals surface area contributed by atoms with E-state index in [0.29, 0.717) is 39.6 Å². The second-order valence-corrected chi connectivity index (χ2v) is 10.2. The highest BCUT2D eigenvalue weighted by atomic mass is 16.2. The summed E-state index contributed by atoms with van der Waals surface area (Å²) in [4.78, 5) is 35.0. The van der Waals surface area contributed by atoms with Crippen molar-refractivity contribution in [2.45, 2.75) is 38.1 Å². The van der Waals surface area contributed by atoms with Crippen molar-refractivity contribution in [2.24, 2.45) is 0 Å². The molecule has 1 aliphatic rings. The third-order valence-electron chi connectivity index (χ3n) is 7.45. The Morgan fingerprint density at radius 1 is 0.850 bits per heavy atom. The van der Waals surface area contributed by atoms with Gasteiger partial charge < -0.3 is 20.9 Å². The number of benzene rings is 3. The number of urea groups is 1. The maximum Gasteiger partial charge on any atom is 0.323 e. The van der Waals surface area contributed by atoms with Gasteiger partial charge in [0.05, 0.1) is 10.9 Å². The Morgan fingerprint density at radius 2 is 1.57 bits per heavy atom. The van der Waals surface area contributed by atoms with Crippen LogP contribution in [-0.2, 0) is 6.42 Å². The van der Waals surface area contributed by atoms with E-state index in [0.717, 1.165) is 37.7 Å². The number of amides is 2. The molecule has 2 heterocycles. The normalized spacial score (nSPS) is 13.4. The van der Waals surface area contributed by atoms with Crippen LogP contribution >= 0.6 is 0 Å². The van der Waals surface area contributed by atoms with Crippen LogP contribution < -0.4 is 16.4 Å². The molecule has 0 aliphatic heterocycles. The summed E-state index contributed by atoms with van der Waals surface area (Å²) in [6, 6.07) is 24.8. The van der Waals surface area contributed by atoms with Crippen molar-refractivity contribution in [2.75, 3.05) is 16.4 Å². The molecule has 1 aliphatic carbocycles. The Labute approximate surface area is 232 Å². The van der Waals surface area contributed by atoms with E-state index in [1.165, 1.54) is 11.9 Å². The molecule has 3 aromatic carbocycles. The molecule has 0 radical (unpaired) electrons. The zero-order valence-electron chi connectivity index (χ0n) is 22.0. The highest BCUT2D eigenvalue weighted by Crippen LogP contribution is 2.35. The van der Waals surface area contributed by atoms with E-state index in [2.05, 4.69) is 37.3 Å². The van der Waals surface area contributed by atoms with E-state index < -0.39 is 6.03 Å². The number of carbonyl (C=O) groups is 2. The smallest absolute Gasteiger partial charge is 0.323 e. The van der Waals surface area contributed by atoms with Crippen LogP contribution in [0.15, 0.2) is 91.4 Å². The summed E-state index contributed by atoms with van der Waals surface area (Å²) in [5.74, 6) is 0.0925. The molecule has 8 nitrogen and oxygen atoms in total. The molecule has 200 valence electrons. The maximum atomic E-state index is 13.7. The van der Waals surface area contributed by atoms with Crippen LogP contribution in [0.25, 0.3) is 11.0 Å². The first kappa shape index (κ1) is 25.3. The maximum absolute atomic E-state index is 13.7. The summed E-state index contributed by atoms with van der Waals surface area (Å²) in [5.41, 5.74) is 11.4. The first-order valence-electron chi connectivity index (χ1n) is 13.5. The highest BCUT2D eigenvalue weighted by molar-refractivity contribution is 6.18. The number of hydrogen-bond acceptors (Lipinski definition) is 5. The molecular weight excluding hydrogens is 500 g/mol. The van der Waals surface area contributed by atoms with Crippen molar-refractivity contribution >= 4 is 40.0 Å². The molecule has 0 unspecified atom stereocenters. The Morgan fingerprint density at radius 3 is 2.35 bits per heavy atom. The number of carbonyl (C=O) groups excluding carboxylic acids is 2. The van der Waals surface area contributed by atoms with Gasteiger partial charge in [0, 0.05) is 29.2 Å². The average Bonchev–Trinajstić information content (AvgIpc) is 3.63. The fraction of sp³-hybridized carbons (Fsp3) is 0.188. The molecule has 40 heavy (non-hydrogen) atoms. The van der Waals surface area contributed by atoms with Crippen molar-refractivity contribution in [1.82, 2.24) is 14.5 Å². The number of rotatable bonds is 7. The standard InChI is InChI=1S/C32H30N6O2/c33-30-28-27(19-38(26-11-4-5-12-26)31(28)35-20-34-30)29(39)23-9-6-10-25(18-23)37-32(40)36-24-15-13-22(14-16-24)17-21-7-2-1-3-8-21/h1-3,6-10,13-16,18-20,26H,4-5,11-12,17H2,(H2,33,34,35)(H2,36,37,40). The van der Waals surface area contributed by atoms with Crippen molar-refractivity contribution in [3.05, 3.63) is 114 Å². The third-order valence-corrected chi connectivity index (χ3v) is 7.45. The lowest BCUT2D eigenvalue weighted by Gasteiger charge is -2.12. The van der Waals surface area contributed by atoms with Crippen molar-refractivity contribution in [3.8, 4) is 0 Å². The number of nitrogens with zero attached hydrogens (tertiary/aromatic N) is 3. The van der Waals surface area contributed by atoms with Gasteiger partial charge in [-0.2, -0.15) is 0 Å². The van der Waals surface area contributed by atoms with Crippen LogP contribution in [0.4, 0.5) is 22.0 Å². The monoisotopic (exact) mass is 530 g/mol. The van der Waals surface area contributed by atoms with Gasteiger partial charge in [-0.3, -0.25) is 4.79 Å². The van der Waals surface area contributed by atoms with E-state index in [1.807, 2.05) is 48.7 Å². The molecule has 6 rings (SSSR count). The Hall–Kier alpha value is -4.98. The minimum atomic E-state index is -0.393. The highest BCUT2D eigenvalue weighted by Gasteiger charge is 2.25. The molecule has 2 aromatic heterocycles. The number of fused-ring (bicyclic) bond motifs is 1. The first-order valence-corrected chi connectivity index (χ1v) is 13.5. The lowest BCUT2D eigenvalue weighted by atomic mass is 10.0. The predicted octanol–water partition coefficient (Wildman–Crippen LogP) is 6.59. The minimum absolute atomic E-state index is 0.193. The zero-order chi connectivity index (χ0) is 27.5. The Balaban J connectivity index is 1.17. The third kappa shape index (κ3) is 5.29. The molecule has 2 amide bonds. The number of hydrogen-bond donors (Lipinski definition) is 3. The lowest BCUT2D eigenvalue weighted by molar-refractivity contribution is 0.104. The summed E-state index contributed by atoms with van der Waals surface area (Å²) >= 11 is 0. The van der Waals surface area contributed by atoms with Gasteiger partial charge in [0.2, 0.25) is 0 Å². The zero-order valence-corrected chi connectivity index (χ0v) is 22.0. The van der Waals surface area contributed by atoms with Crippen molar-refractivity contribution in [1.29, 1.82) is 0 Å². The van der Waals surface area contributed by atoms with E-state index in [9.17, 15) is 9.59 Å². The predicted molar refractivity (Wildman–Crippen MR) is 158 cm³/mol. The van der Waals surface area contributed by atoms with Gasteiger partial charge in [-0.1, -0.05) is 67.4 Å². The van der Waals surface area contributed by atoms with Crippen LogP contribution in [0.3, 0.4) is 0 Å². The molecule has 0 bridgehead atoms. The first-order chi connectivity index (χ1) is 19.5. The Kier molecular flexibility index (Phi) is 6.97. The van der Waals surface area contributed by atoms with Gasteiger partial charge in [0.1, 0.15) is 17.8 Å². The van der Waals surface area contributed by atoms with Crippen LogP contribution in [-0.4, -0.2) is 26.3 Å². The van der Waals surface area contributed by atoms with E-state index >= 15 is 0 Å². The fourth-order valence-electron chi connectivity index (χ4n) is 5.47. The van der Waals surface area contributed by atoms with E-state index in [1.54, 1.807) is 24.3 Å². The summed E-state index contributed by atoms with van der Waals surface area (Å²) < 4.78 is 2.08. The van der Waals surface area contributed by atoms with Gasteiger partial charge in [-0.05, 0) is 54.7 Å². The molecule has 0 atom stereocenters. The van der Waals surface area contributed by atoms with Crippen molar-refractivity contribution < 1.29 is 9.59 Å². The van der Waals surface area contributed by atoms with Crippen LogP contribution in [0.2, 0.25) is 0 Å².